The van der Waals surface area contributed by atoms with Crippen molar-refractivity contribution < 1.29 is 20.4 Å². The molecule has 0 aliphatic heterocycles. The minimum absolute atomic E-state index is 0.00511. The molecule has 0 bridgehead atoms. The Kier molecular flexibility index (Phi) is 4.84. The SMILES string of the molecule is N=C(SSC(=N)c1ccc(O)cc1O)c1ccc(O)cc1O. The van der Waals surface area contributed by atoms with Crippen LogP contribution in [0.25, 0.3) is 0 Å². The van der Waals surface area contributed by atoms with Crippen molar-refractivity contribution >= 4 is 31.7 Å². The van der Waals surface area contributed by atoms with Crippen LogP contribution in [0.3, 0.4) is 0 Å². The number of aromatic hydroxyl groups is 4. The molecule has 0 aliphatic carbocycles. The van der Waals surface area contributed by atoms with Crippen LogP contribution in [0.1, 0.15) is 11.1 Å². The van der Waals surface area contributed by atoms with E-state index in [1.54, 1.807) is 0 Å². The summed E-state index contributed by atoms with van der Waals surface area (Å²) in [5.74, 6) is -0.656. The normalized spacial score (nSPS) is 10.4. The zero-order valence-corrected chi connectivity index (χ0v) is 12.7. The summed E-state index contributed by atoms with van der Waals surface area (Å²) in [6.45, 7) is 0. The minimum Gasteiger partial charge on any atom is -0.508 e. The van der Waals surface area contributed by atoms with Crippen LogP contribution in [-0.2, 0) is 0 Å². The van der Waals surface area contributed by atoms with Gasteiger partial charge in [-0.25, -0.2) is 0 Å². The third-order valence-electron chi connectivity index (χ3n) is 2.66. The molecule has 0 fully saturated rings. The molecule has 2 aromatic carbocycles. The van der Waals surface area contributed by atoms with Crippen LogP contribution in [0.15, 0.2) is 36.4 Å². The maximum Gasteiger partial charge on any atom is 0.129 e. The second-order valence-electron chi connectivity index (χ2n) is 4.23. The highest BCUT2D eigenvalue weighted by Crippen LogP contribution is 2.35. The van der Waals surface area contributed by atoms with E-state index in [2.05, 4.69) is 0 Å². The van der Waals surface area contributed by atoms with Crippen molar-refractivity contribution in [3.05, 3.63) is 47.5 Å². The third-order valence-corrected chi connectivity index (χ3v) is 4.77. The smallest absolute Gasteiger partial charge is 0.129 e. The predicted octanol–water partition coefficient (Wildman–Crippen LogP) is 3.24. The molecule has 2 rings (SSSR count). The van der Waals surface area contributed by atoms with Crippen molar-refractivity contribution in [3.8, 4) is 23.0 Å². The molecule has 6 nitrogen and oxygen atoms in total. The Hall–Kier alpha value is -2.32. The molecule has 0 spiro atoms. The number of nitrogens with one attached hydrogen (secondary N) is 2. The van der Waals surface area contributed by atoms with Gasteiger partial charge in [0.15, 0.2) is 0 Å². The Morgan fingerprint density at radius 3 is 1.36 bits per heavy atom. The van der Waals surface area contributed by atoms with E-state index < -0.39 is 0 Å². The van der Waals surface area contributed by atoms with E-state index in [4.69, 9.17) is 10.8 Å². The summed E-state index contributed by atoms with van der Waals surface area (Å²) >= 11 is 0. The summed E-state index contributed by atoms with van der Waals surface area (Å²) in [6, 6.07) is 7.78. The van der Waals surface area contributed by atoms with Crippen LogP contribution in [0.4, 0.5) is 0 Å². The fourth-order valence-electron chi connectivity index (χ4n) is 1.60. The first-order chi connectivity index (χ1) is 10.4. The molecule has 0 heterocycles. The lowest BCUT2D eigenvalue weighted by Crippen LogP contribution is -1.96. The van der Waals surface area contributed by atoms with Gasteiger partial charge in [-0.1, -0.05) is 0 Å². The zero-order chi connectivity index (χ0) is 16.3. The van der Waals surface area contributed by atoms with Crippen molar-refractivity contribution in [1.82, 2.24) is 0 Å². The van der Waals surface area contributed by atoms with Crippen molar-refractivity contribution in [3.63, 3.8) is 0 Å². The highest BCUT2D eigenvalue weighted by Gasteiger charge is 2.14. The van der Waals surface area contributed by atoms with E-state index in [1.807, 2.05) is 0 Å². The molecular formula is C14H12N2O4S2. The molecule has 0 unspecified atom stereocenters. The number of rotatable bonds is 2. The molecule has 2 aromatic rings. The zero-order valence-electron chi connectivity index (χ0n) is 11.1. The van der Waals surface area contributed by atoms with Gasteiger partial charge >= 0.3 is 0 Å². The van der Waals surface area contributed by atoms with E-state index in [0.717, 1.165) is 33.7 Å². The Bertz CT molecular complexity index is 686. The monoisotopic (exact) mass is 336 g/mol. The van der Waals surface area contributed by atoms with Crippen molar-refractivity contribution in [2.75, 3.05) is 0 Å². The average molecular weight is 336 g/mol. The van der Waals surface area contributed by atoms with Crippen molar-refractivity contribution in [2.24, 2.45) is 0 Å². The maximum atomic E-state index is 9.67. The topological polar surface area (TPSA) is 129 Å². The van der Waals surface area contributed by atoms with Gasteiger partial charge in [-0.3, -0.25) is 10.8 Å². The molecule has 0 aromatic heterocycles. The van der Waals surface area contributed by atoms with Crippen LogP contribution in [0, 0.1) is 10.8 Å². The second kappa shape index (κ2) is 6.63. The maximum absolute atomic E-state index is 9.67. The highest BCUT2D eigenvalue weighted by molar-refractivity contribution is 8.87. The molecule has 0 saturated heterocycles. The Balaban J connectivity index is 2.06. The van der Waals surface area contributed by atoms with Crippen LogP contribution < -0.4 is 0 Å². The fourth-order valence-corrected chi connectivity index (χ4v) is 3.33. The predicted molar refractivity (Wildman–Crippen MR) is 88.4 cm³/mol. The molecule has 0 saturated carbocycles. The van der Waals surface area contributed by atoms with Gasteiger partial charge in [0.05, 0.1) is 0 Å². The standard InChI is InChI=1S/C14H12N2O4S2/c15-13(9-3-1-7(17)5-11(9)19)21-22-14(16)10-4-2-8(18)6-12(10)20/h1-6,15-20H. The van der Waals surface area contributed by atoms with Gasteiger partial charge in [-0.05, 0) is 45.9 Å². The van der Waals surface area contributed by atoms with Crippen molar-refractivity contribution in [1.29, 1.82) is 10.8 Å². The number of benzene rings is 2. The summed E-state index contributed by atoms with van der Waals surface area (Å²) in [5.41, 5.74) is 0.469. The minimum atomic E-state index is -0.225. The van der Waals surface area contributed by atoms with Gasteiger partial charge in [0.1, 0.15) is 33.1 Å². The molecule has 8 heteroatoms. The Morgan fingerprint density at radius 2 is 1.05 bits per heavy atom. The number of hydrogen-bond donors (Lipinski definition) is 6. The summed E-state index contributed by atoms with van der Waals surface area (Å²) < 4.78 is 0. The van der Waals surface area contributed by atoms with E-state index in [9.17, 15) is 20.4 Å². The first kappa shape index (κ1) is 16.1. The Morgan fingerprint density at radius 1 is 0.682 bits per heavy atom. The van der Waals surface area contributed by atoms with Gasteiger partial charge < -0.3 is 20.4 Å². The third kappa shape index (κ3) is 3.66. The first-order valence-corrected chi connectivity index (χ1v) is 8.10. The lowest BCUT2D eigenvalue weighted by atomic mass is 10.2. The highest BCUT2D eigenvalue weighted by atomic mass is 33.1. The van der Waals surface area contributed by atoms with E-state index in [1.165, 1.54) is 24.3 Å². The van der Waals surface area contributed by atoms with Gasteiger partial charge in [0.2, 0.25) is 0 Å². The van der Waals surface area contributed by atoms with Crippen LogP contribution >= 0.6 is 21.6 Å². The van der Waals surface area contributed by atoms with Crippen LogP contribution in [0.5, 0.6) is 23.0 Å². The van der Waals surface area contributed by atoms with Crippen molar-refractivity contribution in [2.45, 2.75) is 0 Å². The quantitative estimate of drug-likeness (QED) is 0.284. The number of phenolic OH excluding ortho intramolecular Hbond substituents is 4. The molecule has 114 valence electrons. The van der Waals surface area contributed by atoms with Gasteiger partial charge in [-0.2, -0.15) is 0 Å². The van der Waals surface area contributed by atoms with Crippen LogP contribution in [0.2, 0.25) is 0 Å². The largest absolute Gasteiger partial charge is 0.508 e. The van der Waals surface area contributed by atoms with E-state index in [-0.39, 0.29) is 44.2 Å². The molecule has 0 aliphatic rings. The molecular weight excluding hydrogens is 324 g/mol. The Labute approximate surface area is 133 Å². The van der Waals surface area contributed by atoms with E-state index >= 15 is 0 Å². The molecule has 0 amide bonds. The lowest BCUT2D eigenvalue weighted by molar-refractivity contribution is 0.449. The molecule has 22 heavy (non-hydrogen) atoms. The first-order valence-electron chi connectivity index (χ1n) is 5.95. The van der Waals surface area contributed by atoms with Gasteiger partial charge in [-0.15, -0.1) is 0 Å². The van der Waals surface area contributed by atoms with Gasteiger partial charge in [0.25, 0.3) is 0 Å². The molecule has 0 atom stereocenters. The number of phenols is 4. The second-order valence-corrected chi connectivity index (χ2v) is 6.38. The van der Waals surface area contributed by atoms with E-state index in [0.29, 0.717) is 0 Å². The number of hydrogen-bond acceptors (Lipinski definition) is 8. The summed E-state index contributed by atoms with van der Waals surface area (Å²) in [6.07, 6.45) is 0. The van der Waals surface area contributed by atoms with Gasteiger partial charge in [0, 0.05) is 23.3 Å². The summed E-state index contributed by atoms with van der Waals surface area (Å²) in [7, 11) is 1.85. The average Bonchev–Trinajstić information content (AvgIpc) is 2.44. The fraction of sp³-hybridized carbons (Fsp3) is 0. The summed E-state index contributed by atoms with van der Waals surface area (Å²) in [5, 5.41) is 53.6. The summed E-state index contributed by atoms with van der Waals surface area (Å²) in [4.78, 5) is 0. The lowest BCUT2D eigenvalue weighted by Gasteiger charge is -2.08. The molecule has 6 N–H and O–H groups in total. The van der Waals surface area contributed by atoms with Crippen LogP contribution in [-0.4, -0.2) is 30.5 Å². The molecule has 0 radical (unpaired) electrons.